The lowest BCUT2D eigenvalue weighted by Crippen LogP contribution is -2.53. The third kappa shape index (κ3) is 5.81. The summed E-state index contributed by atoms with van der Waals surface area (Å²) < 4.78 is 16.1. The number of hydrogen-bond donors (Lipinski definition) is 3. The number of carboxylic acid groups (broad SMARTS) is 2. The van der Waals surface area contributed by atoms with E-state index in [0.29, 0.717) is 19.5 Å². The van der Waals surface area contributed by atoms with Gasteiger partial charge in [0.05, 0.1) is 12.1 Å². The Balaban J connectivity index is 0.000000593. The number of rotatable bonds is 3. The van der Waals surface area contributed by atoms with Crippen LogP contribution >= 0.6 is 7.60 Å². The van der Waals surface area contributed by atoms with Gasteiger partial charge in [0.1, 0.15) is 0 Å². The first kappa shape index (κ1) is 19.4. The molecule has 2 aliphatic rings. The van der Waals surface area contributed by atoms with Crippen molar-refractivity contribution in [2.45, 2.75) is 25.7 Å². The molecule has 2 heterocycles. The Kier molecular flexibility index (Phi) is 6.99. The highest BCUT2D eigenvalue weighted by molar-refractivity contribution is 7.52. The van der Waals surface area contributed by atoms with Crippen molar-refractivity contribution < 1.29 is 38.6 Å². The van der Waals surface area contributed by atoms with Crippen molar-refractivity contribution in [3.8, 4) is 0 Å². The maximum absolute atomic E-state index is 12.4. The Morgan fingerprint density at radius 1 is 1.26 bits per heavy atom. The van der Waals surface area contributed by atoms with Gasteiger partial charge in [0.15, 0.2) is 0 Å². The smallest absolute Gasteiger partial charge is 0.450 e. The fourth-order valence-corrected chi connectivity index (χ4v) is 3.58. The number of nitrogens with zero attached hydrogens (tertiary/aromatic N) is 2. The summed E-state index contributed by atoms with van der Waals surface area (Å²) in [5.74, 6) is -0.944. The summed E-state index contributed by atoms with van der Waals surface area (Å²) in [7, 11) is -2.59. The highest BCUT2D eigenvalue weighted by Gasteiger charge is 2.39. The molecule has 2 atom stereocenters. The van der Waals surface area contributed by atoms with Crippen molar-refractivity contribution in [3.63, 3.8) is 0 Å². The molecule has 0 bridgehead atoms. The van der Waals surface area contributed by atoms with Gasteiger partial charge in [-0.1, -0.05) is 0 Å². The van der Waals surface area contributed by atoms with Crippen LogP contribution in [-0.2, 0) is 18.7 Å². The molecule has 0 spiro atoms. The van der Waals surface area contributed by atoms with E-state index in [1.807, 2.05) is 0 Å². The Hall–Kier alpha value is -1.64. The molecule has 0 radical (unpaired) electrons. The molecular formula is C12H21N2O8P. The van der Waals surface area contributed by atoms with Gasteiger partial charge in [-0.15, -0.1) is 0 Å². The molecule has 11 heteroatoms. The Labute approximate surface area is 133 Å². The van der Waals surface area contributed by atoms with Gasteiger partial charge in [-0.3, -0.25) is 24.2 Å². The van der Waals surface area contributed by atoms with E-state index >= 15 is 0 Å². The number of amides is 2. The lowest BCUT2D eigenvalue weighted by Gasteiger charge is -2.38. The summed E-state index contributed by atoms with van der Waals surface area (Å²) >= 11 is 0. The molecule has 0 aromatic heterocycles. The minimum Gasteiger partial charge on any atom is -0.450 e. The Morgan fingerprint density at radius 3 is 2.30 bits per heavy atom. The fraction of sp³-hybridized carbons (Fsp3) is 0.750. The molecule has 2 rings (SSSR count). The van der Waals surface area contributed by atoms with Gasteiger partial charge in [0.25, 0.3) is 0 Å². The summed E-state index contributed by atoms with van der Waals surface area (Å²) in [5, 5.41) is 16.9. The van der Waals surface area contributed by atoms with Crippen LogP contribution in [0.15, 0.2) is 0 Å². The summed E-state index contributed by atoms with van der Waals surface area (Å²) in [6.07, 6.45) is 0.217. The Morgan fingerprint density at radius 2 is 1.78 bits per heavy atom. The quantitative estimate of drug-likeness (QED) is 0.633. The minimum atomic E-state index is -3.74. The SMILES string of the molecule is COP(=O)(O)C[C@H]1CCC(=O)N2CCCCN2C1=O.O=C(O)O. The minimum absolute atomic E-state index is 0.0826. The summed E-state index contributed by atoms with van der Waals surface area (Å²) in [6, 6.07) is 0. The molecule has 0 saturated carbocycles. The van der Waals surface area contributed by atoms with Crippen LogP contribution in [0.5, 0.6) is 0 Å². The van der Waals surface area contributed by atoms with Crippen LogP contribution in [0.1, 0.15) is 25.7 Å². The lowest BCUT2D eigenvalue weighted by atomic mass is 10.1. The van der Waals surface area contributed by atoms with Gasteiger partial charge >= 0.3 is 13.8 Å². The Bertz CT molecular complexity index is 507. The van der Waals surface area contributed by atoms with Crippen LogP contribution in [0.4, 0.5) is 4.79 Å². The average molecular weight is 352 g/mol. The lowest BCUT2D eigenvalue weighted by molar-refractivity contribution is -0.166. The summed E-state index contributed by atoms with van der Waals surface area (Å²) in [6.45, 7) is 1.06. The van der Waals surface area contributed by atoms with Gasteiger partial charge < -0.3 is 19.6 Å². The van der Waals surface area contributed by atoms with Gasteiger partial charge in [0.2, 0.25) is 11.8 Å². The second kappa shape index (κ2) is 8.28. The second-order valence-electron chi connectivity index (χ2n) is 5.21. The van der Waals surface area contributed by atoms with Gasteiger partial charge in [-0.05, 0) is 19.3 Å². The molecule has 1 unspecified atom stereocenters. The maximum atomic E-state index is 12.4. The molecule has 23 heavy (non-hydrogen) atoms. The van der Waals surface area contributed by atoms with Crippen LogP contribution in [0.25, 0.3) is 0 Å². The highest BCUT2D eigenvalue weighted by atomic mass is 31.2. The summed E-state index contributed by atoms with van der Waals surface area (Å²) in [5.41, 5.74) is 0. The van der Waals surface area contributed by atoms with E-state index in [1.165, 1.54) is 10.0 Å². The topological polar surface area (TPSA) is 145 Å². The molecule has 2 aliphatic heterocycles. The molecule has 2 fully saturated rings. The van der Waals surface area contributed by atoms with Crippen LogP contribution in [0.3, 0.4) is 0 Å². The van der Waals surface area contributed by atoms with E-state index < -0.39 is 19.7 Å². The van der Waals surface area contributed by atoms with Crippen molar-refractivity contribution >= 4 is 25.6 Å². The zero-order chi connectivity index (χ0) is 17.6. The molecule has 2 saturated heterocycles. The van der Waals surface area contributed by atoms with E-state index in [0.717, 1.165) is 20.0 Å². The van der Waals surface area contributed by atoms with E-state index in [4.69, 9.17) is 15.0 Å². The van der Waals surface area contributed by atoms with E-state index in [1.54, 1.807) is 0 Å². The van der Waals surface area contributed by atoms with Gasteiger partial charge in [-0.25, -0.2) is 4.79 Å². The third-order valence-corrected chi connectivity index (χ3v) is 5.09. The number of hydrogen-bond acceptors (Lipinski definition) is 5. The predicted octanol–water partition coefficient (Wildman–Crippen LogP) is 0.817. The van der Waals surface area contributed by atoms with Gasteiger partial charge in [-0.2, -0.15) is 0 Å². The van der Waals surface area contributed by atoms with Crippen LogP contribution in [0.2, 0.25) is 0 Å². The van der Waals surface area contributed by atoms with Crippen LogP contribution in [0, 0.1) is 5.92 Å². The molecular weight excluding hydrogens is 331 g/mol. The molecule has 0 aromatic rings. The zero-order valence-corrected chi connectivity index (χ0v) is 13.6. The van der Waals surface area contributed by atoms with Crippen molar-refractivity contribution in [2.24, 2.45) is 5.92 Å². The molecule has 3 N–H and O–H groups in total. The third-order valence-electron chi connectivity index (χ3n) is 3.62. The van der Waals surface area contributed by atoms with E-state index in [-0.39, 0.29) is 24.4 Å². The number of hydrazine groups is 1. The van der Waals surface area contributed by atoms with Crippen LogP contribution in [-0.4, -0.2) is 69.5 Å². The fourth-order valence-electron chi connectivity index (χ4n) is 2.54. The zero-order valence-electron chi connectivity index (χ0n) is 12.8. The summed E-state index contributed by atoms with van der Waals surface area (Å²) in [4.78, 5) is 42.4. The number of carbonyl (C=O) groups excluding carboxylic acids is 2. The normalized spacial score (nSPS) is 24.0. The molecule has 2 amide bonds. The first-order valence-electron chi connectivity index (χ1n) is 7.09. The van der Waals surface area contributed by atoms with Crippen molar-refractivity contribution in [1.82, 2.24) is 10.0 Å². The molecule has 0 aromatic carbocycles. The first-order chi connectivity index (χ1) is 10.7. The van der Waals surface area contributed by atoms with Crippen molar-refractivity contribution in [3.05, 3.63) is 0 Å². The van der Waals surface area contributed by atoms with E-state index in [9.17, 15) is 19.0 Å². The standard InChI is InChI=1S/C11H19N2O5P.CH2O3/c1-18-19(16,17)8-9-4-5-10(14)12-6-2-3-7-13(12)11(9)15;2-1(3)4/h9H,2-8H2,1H3,(H,16,17);(H2,2,3,4)/t9-;/m1./s1. The van der Waals surface area contributed by atoms with Crippen LogP contribution < -0.4 is 0 Å². The largest absolute Gasteiger partial charge is 0.503 e. The van der Waals surface area contributed by atoms with E-state index in [2.05, 4.69) is 4.52 Å². The predicted molar refractivity (Wildman–Crippen MR) is 77.7 cm³/mol. The first-order valence-corrected chi connectivity index (χ1v) is 8.85. The second-order valence-corrected chi connectivity index (χ2v) is 7.21. The van der Waals surface area contributed by atoms with Crippen molar-refractivity contribution in [1.29, 1.82) is 0 Å². The molecule has 0 aliphatic carbocycles. The number of fused-ring (bicyclic) bond motifs is 1. The monoisotopic (exact) mass is 352 g/mol. The van der Waals surface area contributed by atoms with Crippen molar-refractivity contribution in [2.75, 3.05) is 26.4 Å². The number of carbonyl (C=O) groups is 3. The van der Waals surface area contributed by atoms with Gasteiger partial charge in [0, 0.05) is 26.6 Å². The molecule has 132 valence electrons. The maximum Gasteiger partial charge on any atom is 0.503 e. The average Bonchev–Trinajstić information content (AvgIpc) is 2.59. The highest BCUT2D eigenvalue weighted by Crippen LogP contribution is 2.44. The molecule has 10 nitrogen and oxygen atoms in total.